The van der Waals surface area contributed by atoms with Crippen LogP contribution in [0.15, 0.2) is 97.1 Å². The van der Waals surface area contributed by atoms with Crippen LogP contribution in [0.1, 0.15) is 46.0 Å². The highest BCUT2D eigenvalue weighted by molar-refractivity contribution is 6.71. The Bertz CT molecular complexity index is 2000. The largest absolute Gasteiger partial charge is 0.497 e. The normalized spacial score (nSPS) is 23.8. The number of ether oxygens (including phenoxy) is 2. The molecule has 3 amide bonds. The topological polar surface area (TPSA) is 129 Å². The Balaban J connectivity index is 1.20. The third-order valence-corrected chi connectivity index (χ3v) is 13.5. The molecule has 0 aromatic heterocycles. The molecule has 52 heavy (non-hydrogen) atoms. The van der Waals surface area contributed by atoms with Crippen LogP contribution in [-0.2, 0) is 39.4 Å². The van der Waals surface area contributed by atoms with Crippen LogP contribution in [0.3, 0.4) is 0 Å². The van der Waals surface area contributed by atoms with Gasteiger partial charge in [0.1, 0.15) is 5.75 Å². The number of carbonyl (C=O) groups is 3. The fraction of sp³-hybridized carbons (Fsp3) is 0.341. The second kappa shape index (κ2) is 14.0. The molecule has 0 saturated carbocycles. The molecule has 10 nitrogen and oxygen atoms in total. The number of benzene rings is 4. The van der Waals surface area contributed by atoms with Crippen molar-refractivity contribution >= 4 is 37.4 Å². The summed E-state index contributed by atoms with van der Waals surface area (Å²) in [5, 5.41) is 13.3. The number of hydrogen-bond acceptors (Lipinski definition) is 7. The molecule has 0 bridgehead atoms. The average molecular weight is 720 g/mol. The Morgan fingerprint density at radius 3 is 2.42 bits per heavy atom. The number of rotatable bonds is 9. The van der Waals surface area contributed by atoms with Crippen molar-refractivity contribution in [3.8, 4) is 5.75 Å². The fourth-order valence-corrected chi connectivity index (χ4v) is 11.1. The molecule has 3 heterocycles. The van der Waals surface area contributed by atoms with Gasteiger partial charge >= 0.3 is 0 Å². The van der Waals surface area contributed by atoms with E-state index >= 15 is 0 Å². The van der Waals surface area contributed by atoms with Crippen LogP contribution in [0, 0.1) is 5.92 Å². The summed E-state index contributed by atoms with van der Waals surface area (Å²) in [5.41, 5.74) is 3.45. The zero-order valence-corrected chi connectivity index (χ0v) is 30.9. The van der Waals surface area contributed by atoms with Gasteiger partial charge in [0, 0.05) is 34.8 Å². The number of carbonyl (C=O) groups excluding carboxylic acids is 3. The van der Waals surface area contributed by atoms with Crippen LogP contribution in [-0.4, -0.2) is 66.7 Å². The molecule has 5 atom stereocenters. The van der Waals surface area contributed by atoms with Crippen LogP contribution in [0.2, 0.25) is 18.6 Å². The monoisotopic (exact) mass is 719 g/mol. The first-order valence-electron chi connectivity index (χ1n) is 17.8. The Kier molecular flexibility index (Phi) is 9.55. The van der Waals surface area contributed by atoms with E-state index in [1.54, 1.807) is 41.2 Å². The summed E-state index contributed by atoms with van der Waals surface area (Å²) in [6, 6.07) is 29.4. The fourth-order valence-electron chi connectivity index (χ4n) is 8.60. The number of fused-ring (bicyclic) bond motifs is 3. The van der Waals surface area contributed by atoms with Crippen LogP contribution in [0.4, 0.5) is 11.4 Å². The van der Waals surface area contributed by atoms with Gasteiger partial charge in [-0.1, -0.05) is 61.5 Å². The van der Waals surface area contributed by atoms with Crippen LogP contribution >= 0.6 is 0 Å². The molecule has 3 aliphatic rings. The van der Waals surface area contributed by atoms with Gasteiger partial charge in [-0.25, -0.2) is 0 Å². The van der Waals surface area contributed by atoms with E-state index in [0.29, 0.717) is 41.2 Å². The second-order valence-corrected chi connectivity index (χ2v) is 18.7. The van der Waals surface area contributed by atoms with Crippen molar-refractivity contribution in [2.24, 2.45) is 5.92 Å². The van der Waals surface area contributed by atoms with Gasteiger partial charge in [-0.05, 0) is 78.7 Å². The SMILES string of the molecule is COc1ccc2c(c1)[C@]1(O[C@@H](CC(=O)N3Cc4ccccc4C[C@H]3CO)[C@H]([Si](C)(C)O)[C@H]1C)C(=O)N2Cc1cccc(NC(=O)c2ccccc2)c1. The van der Waals surface area contributed by atoms with Gasteiger partial charge in [0.25, 0.3) is 11.8 Å². The van der Waals surface area contributed by atoms with E-state index in [-0.39, 0.29) is 43.3 Å². The lowest BCUT2D eigenvalue weighted by molar-refractivity contribution is -0.151. The van der Waals surface area contributed by atoms with Crippen molar-refractivity contribution in [3.05, 3.63) is 125 Å². The summed E-state index contributed by atoms with van der Waals surface area (Å²) in [5.74, 6) is -0.619. The third-order valence-electron chi connectivity index (χ3n) is 11.0. The van der Waals surface area contributed by atoms with Gasteiger partial charge in [-0.2, -0.15) is 0 Å². The smallest absolute Gasteiger partial charge is 0.264 e. The van der Waals surface area contributed by atoms with E-state index in [2.05, 4.69) is 5.32 Å². The number of nitrogens with one attached hydrogen (secondary N) is 1. The number of anilines is 2. The van der Waals surface area contributed by atoms with E-state index in [0.717, 1.165) is 16.7 Å². The van der Waals surface area contributed by atoms with Gasteiger partial charge in [-0.15, -0.1) is 0 Å². The lowest BCUT2D eigenvalue weighted by Gasteiger charge is -2.37. The minimum Gasteiger partial charge on any atom is -0.497 e. The predicted molar refractivity (Wildman–Crippen MR) is 200 cm³/mol. The molecule has 3 aliphatic heterocycles. The number of methoxy groups -OCH3 is 1. The molecule has 4 aromatic rings. The molecule has 4 aromatic carbocycles. The predicted octanol–water partition coefficient (Wildman–Crippen LogP) is 5.63. The number of nitrogens with zero attached hydrogens (tertiary/aromatic N) is 2. The molecular weight excluding hydrogens is 675 g/mol. The summed E-state index contributed by atoms with van der Waals surface area (Å²) in [6.45, 7) is 6.01. The highest BCUT2D eigenvalue weighted by atomic mass is 28.4. The standard InChI is InChI=1S/C41H45N3O7Si/c1-26-38(52(3,4)49)36(22-37(46)43-24-30-15-9-8-14-29(30)20-32(43)25-45)51-41(26)34-21-33(50-2)17-18-35(34)44(40(41)48)23-27-11-10-16-31(19-27)42-39(47)28-12-6-5-7-13-28/h5-19,21,26,32,36,38,45,49H,20,22-25H2,1-4H3,(H,42,47)/t26-,32+,36+,38-,41+/m1/s1. The quantitative estimate of drug-likeness (QED) is 0.192. The average Bonchev–Trinajstić information content (AvgIpc) is 3.56. The minimum absolute atomic E-state index is 0.0395. The summed E-state index contributed by atoms with van der Waals surface area (Å²) in [4.78, 5) is 57.3. The first-order chi connectivity index (χ1) is 24.9. The lowest BCUT2D eigenvalue weighted by atomic mass is 9.82. The van der Waals surface area contributed by atoms with Gasteiger partial charge in [0.2, 0.25) is 5.91 Å². The summed E-state index contributed by atoms with van der Waals surface area (Å²) in [7, 11) is -1.48. The molecular formula is C41H45N3O7Si. The number of aliphatic hydroxyl groups excluding tert-OH is 1. The van der Waals surface area contributed by atoms with Crippen molar-refractivity contribution in [2.75, 3.05) is 23.9 Å². The van der Waals surface area contributed by atoms with Crippen molar-refractivity contribution < 1.29 is 33.8 Å². The summed E-state index contributed by atoms with van der Waals surface area (Å²) >= 11 is 0. The molecule has 0 radical (unpaired) electrons. The zero-order valence-electron chi connectivity index (χ0n) is 29.9. The van der Waals surface area contributed by atoms with Crippen molar-refractivity contribution in [3.63, 3.8) is 0 Å². The molecule has 0 unspecified atom stereocenters. The van der Waals surface area contributed by atoms with E-state index in [9.17, 15) is 24.3 Å². The van der Waals surface area contributed by atoms with E-state index in [1.807, 2.05) is 92.8 Å². The van der Waals surface area contributed by atoms with Gasteiger partial charge in [0.15, 0.2) is 13.9 Å². The zero-order chi connectivity index (χ0) is 36.8. The van der Waals surface area contributed by atoms with Gasteiger partial charge in [-0.3, -0.25) is 14.4 Å². The molecule has 1 saturated heterocycles. The number of amides is 3. The van der Waals surface area contributed by atoms with Crippen molar-refractivity contribution in [1.29, 1.82) is 0 Å². The maximum atomic E-state index is 15.0. The summed E-state index contributed by atoms with van der Waals surface area (Å²) in [6.07, 6.45) is -0.237. The van der Waals surface area contributed by atoms with Crippen LogP contribution < -0.4 is 15.0 Å². The second-order valence-electron chi connectivity index (χ2n) is 14.7. The highest BCUT2D eigenvalue weighted by Gasteiger charge is 2.66. The maximum Gasteiger partial charge on any atom is 0.264 e. The van der Waals surface area contributed by atoms with Crippen LogP contribution in [0.5, 0.6) is 5.75 Å². The molecule has 1 spiro atoms. The molecule has 3 N–H and O–H groups in total. The van der Waals surface area contributed by atoms with Crippen molar-refractivity contribution in [1.82, 2.24) is 4.90 Å². The third kappa shape index (κ3) is 6.32. The van der Waals surface area contributed by atoms with E-state index in [1.165, 1.54) is 0 Å². The van der Waals surface area contributed by atoms with E-state index in [4.69, 9.17) is 9.47 Å². The molecule has 11 heteroatoms. The minimum atomic E-state index is -3.05. The maximum absolute atomic E-state index is 15.0. The molecule has 0 aliphatic carbocycles. The van der Waals surface area contributed by atoms with Crippen LogP contribution in [0.25, 0.3) is 0 Å². The number of hydrogen-bond donors (Lipinski definition) is 3. The van der Waals surface area contributed by atoms with E-state index < -0.39 is 31.5 Å². The first kappa shape index (κ1) is 35.6. The highest BCUT2D eigenvalue weighted by Crippen LogP contribution is 2.60. The summed E-state index contributed by atoms with van der Waals surface area (Å²) < 4.78 is 12.6. The Hall–Kier alpha value is -4.81. The van der Waals surface area contributed by atoms with Gasteiger partial charge < -0.3 is 34.5 Å². The Morgan fingerprint density at radius 1 is 0.981 bits per heavy atom. The Morgan fingerprint density at radius 2 is 1.71 bits per heavy atom. The molecule has 7 rings (SSSR count). The van der Waals surface area contributed by atoms with Gasteiger partial charge in [0.05, 0.1) is 44.5 Å². The lowest BCUT2D eigenvalue weighted by Crippen LogP contribution is -2.48. The number of aliphatic hydroxyl groups is 1. The van der Waals surface area contributed by atoms with Crippen molar-refractivity contribution in [2.45, 2.75) is 69.2 Å². The Labute approximate surface area is 305 Å². The first-order valence-corrected chi connectivity index (χ1v) is 20.8. The molecule has 1 fully saturated rings. The molecule has 270 valence electrons.